The quantitative estimate of drug-likeness (QED) is 0.758. The Labute approximate surface area is 106 Å². The number of hydrogen-bond acceptors (Lipinski definition) is 3. The second-order valence-corrected chi connectivity index (χ2v) is 6.82. The third kappa shape index (κ3) is 4.56. The molecule has 1 aliphatic rings. The number of nitrogens with one attached hydrogen (secondary N) is 1. The molecule has 5 heteroatoms. The van der Waals surface area contributed by atoms with E-state index in [1.807, 2.05) is 13.8 Å². The minimum atomic E-state index is -3.05. The third-order valence-corrected chi connectivity index (χ3v) is 5.24. The lowest BCUT2D eigenvalue weighted by Crippen LogP contribution is -2.49. The van der Waals surface area contributed by atoms with Gasteiger partial charge in [0.2, 0.25) is 10.0 Å². The van der Waals surface area contributed by atoms with E-state index in [9.17, 15) is 8.42 Å². The lowest BCUT2D eigenvalue weighted by Gasteiger charge is -2.33. The Kier molecular flexibility index (Phi) is 6.44. The summed E-state index contributed by atoms with van der Waals surface area (Å²) in [6.45, 7) is 6.57. The zero-order valence-corrected chi connectivity index (χ0v) is 11.9. The van der Waals surface area contributed by atoms with E-state index < -0.39 is 10.0 Å². The molecule has 17 heavy (non-hydrogen) atoms. The molecule has 0 saturated carbocycles. The van der Waals surface area contributed by atoms with Crippen molar-refractivity contribution in [2.75, 3.05) is 25.4 Å². The van der Waals surface area contributed by atoms with Gasteiger partial charge in [-0.1, -0.05) is 20.3 Å². The fraction of sp³-hybridized carbons (Fsp3) is 1.00. The molecular formula is C12H26N2O2S. The van der Waals surface area contributed by atoms with E-state index in [1.165, 1.54) is 0 Å². The van der Waals surface area contributed by atoms with Crippen LogP contribution in [0.2, 0.25) is 0 Å². The number of unbranched alkanes of at least 4 members (excludes halogenated alkanes) is 1. The van der Waals surface area contributed by atoms with Gasteiger partial charge in [0.15, 0.2) is 0 Å². The Balaban J connectivity index is 2.68. The van der Waals surface area contributed by atoms with Crippen molar-refractivity contribution in [3.05, 3.63) is 0 Å². The number of piperidine rings is 1. The summed E-state index contributed by atoms with van der Waals surface area (Å²) in [5.74, 6) is 0.306. The monoisotopic (exact) mass is 262 g/mol. The van der Waals surface area contributed by atoms with Gasteiger partial charge in [-0.05, 0) is 32.2 Å². The van der Waals surface area contributed by atoms with Crippen LogP contribution in [0, 0.1) is 0 Å². The van der Waals surface area contributed by atoms with Gasteiger partial charge >= 0.3 is 0 Å². The highest BCUT2D eigenvalue weighted by Crippen LogP contribution is 2.16. The van der Waals surface area contributed by atoms with Crippen LogP contribution in [-0.4, -0.2) is 44.2 Å². The van der Waals surface area contributed by atoms with Crippen molar-refractivity contribution in [2.24, 2.45) is 0 Å². The molecule has 0 aliphatic carbocycles. The van der Waals surface area contributed by atoms with Crippen molar-refractivity contribution in [3.8, 4) is 0 Å². The van der Waals surface area contributed by atoms with Crippen LogP contribution in [0.5, 0.6) is 0 Å². The largest absolute Gasteiger partial charge is 0.315 e. The molecule has 1 unspecified atom stereocenters. The smallest absolute Gasteiger partial charge is 0.214 e. The van der Waals surface area contributed by atoms with E-state index in [0.29, 0.717) is 12.3 Å². The van der Waals surface area contributed by atoms with E-state index in [4.69, 9.17) is 0 Å². The van der Waals surface area contributed by atoms with Gasteiger partial charge in [-0.2, -0.15) is 4.31 Å². The number of sulfonamides is 1. The number of rotatable bonds is 7. The number of hydrogen-bond donors (Lipinski definition) is 1. The van der Waals surface area contributed by atoms with Crippen LogP contribution in [-0.2, 0) is 10.0 Å². The minimum absolute atomic E-state index is 0.172. The van der Waals surface area contributed by atoms with Crippen molar-refractivity contribution >= 4 is 10.0 Å². The molecule has 0 radical (unpaired) electrons. The fourth-order valence-corrected chi connectivity index (χ4v) is 4.28. The summed E-state index contributed by atoms with van der Waals surface area (Å²) in [5.41, 5.74) is 0. The van der Waals surface area contributed by atoms with Crippen molar-refractivity contribution < 1.29 is 8.42 Å². The first kappa shape index (κ1) is 14.9. The van der Waals surface area contributed by atoms with Crippen molar-refractivity contribution in [2.45, 2.75) is 52.0 Å². The molecule has 1 rings (SSSR count). The van der Waals surface area contributed by atoms with Crippen molar-refractivity contribution in [1.82, 2.24) is 9.62 Å². The van der Waals surface area contributed by atoms with Crippen LogP contribution in [0.1, 0.15) is 46.0 Å². The first-order valence-electron chi connectivity index (χ1n) is 6.82. The summed E-state index contributed by atoms with van der Waals surface area (Å²) in [6.07, 6.45) is 4.67. The van der Waals surface area contributed by atoms with Crippen molar-refractivity contribution in [3.63, 3.8) is 0 Å². The zero-order valence-electron chi connectivity index (χ0n) is 11.1. The van der Waals surface area contributed by atoms with Crippen LogP contribution in [0.3, 0.4) is 0 Å². The predicted octanol–water partition coefficient (Wildman–Crippen LogP) is 1.58. The summed E-state index contributed by atoms with van der Waals surface area (Å²) < 4.78 is 26.3. The van der Waals surface area contributed by atoms with E-state index in [0.717, 1.165) is 45.2 Å². The Morgan fingerprint density at radius 1 is 1.29 bits per heavy atom. The summed E-state index contributed by atoms with van der Waals surface area (Å²) >= 11 is 0. The van der Waals surface area contributed by atoms with Gasteiger partial charge in [0, 0.05) is 19.1 Å². The van der Waals surface area contributed by atoms with Gasteiger partial charge in [-0.15, -0.1) is 0 Å². The lowest BCUT2D eigenvalue weighted by molar-refractivity contribution is 0.266. The molecule has 1 saturated heterocycles. The van der Waals surface area contributed by atoms with Gasteiger partial charge < -0.3 is 5.32 Å². The topological polar surface area (TPSA) is 49.4 Å². The van der Waals surface area contributed by atoms with Gasteiger partial charge in [-0.25, -0.2) is 8.42 Å². The first-order valence-corrected chi connectivity index (χ1v) is 8.43. The average Bonchev–Trinajstić information content (AvgIpc) is 2.34. The lowest BCUT2D eigenvalue weighted by atomic mass is 10.1. The van der Waals surface area contributed by atoms with Crippen LogP contribution in [0.25, 0.3) is 0 Å². The molecule has 1 atom stereocenters. The molecule has 0 aromatic heterocycles. The van der Waals surface area contributed by atoms with E-state index >= 15 is 0 Å². The average molecular weight is 262 g/mol. The molecule has 1 N–H and O–H groups in total. The summed E-state index contributed by atoms with van der Waals surface area (Å²) in [5, 5.41) is 3.30. The third-order valence-electron chi connectivity index (χ3n) is 3.24. The van der Waals surface area contributed by atoms with E-state index in [1.54, 1.807) is 4.31 Å². The SMILES string of the molecule is CCCCS(=O)(=O)N(CCC)C1CCCNC1. The summed E-state index contributed by atoms with van der Waals surface area (Å²) in [7, 11) is -3.05. The van der Waals surface area contributed by atoms with Gasteiger partial charge in [0.05, 0.1) is 5.75 Å². The van der Waals surface area contributed by atoms with Gasteiger partial charge in [-0.3, -0.25) is 0 Å². The molecule has 0 spiro atoms. The Morgan fingerprint density at radius 2 is 2.06 bits per heavy atom. The maximum Gasteiger partial charge on any atom is 0.214 e. The number of nitrogens with zero attached hydrogens (tertiary/aromatic N) is 1. The maximum absolute atomic E-state index is 12.3. The maximum atomic E-state index is 12.3. The zero-order chi connectivity index (χ0) is 12.7. The highest BCUT2D eigenvalue weighted by atomic mass is 32.2. The fourth-order valence-electron chi connectivity index (χ4n) is 2.29. The molecular weight excluding hydrogens is 236 g/mol. The summed E-state index contributed by atoms with van der Waals surface area (Å²) in [4.78, 5) is 0. The molecule has 4 nitrogen and oxygen atoms in total. The molecule has 0 bridgehead atoms. The molecule has 0 aromatic carbocycles. The molecule has 0 aromatic rings. The second-order valence-electron chi connectivity index (χ2n) is 4.78. The minimum Gasteiger partial charge on any atom is -0.315 e. The van der Waals surface area contributed by atoms with Crippen LogP contribution in [0.15, 0.2) is 0 Å². The Bertz CT molecular complexity index is 298. The highest BCUT2D eigenvalue weighted by molar-refractivity contribution is 7.89. The molecule has 1 heterocycles. The highest BCUT2D eigenvalue weighted by Gasteiger charge is 2.29. The van der Waals surface area contributed by atoms with Crippen LogP contribution in [0.4, 0.5) is 0 Å². The molecule has 1 fully saturated rings. The normalized spacial score (nSPS) is 21.9. The van der Waals surface area contributed by atoms with Gasteiger partial charge in [0.25, 0.3) is 0 Å². The predicted molar refractivity (Wildman–Crippen MR) is 71.6 cm³/mol. The molecule has 1 aliphatic heterocycles. The Hall–Kier alpha value is -0.130. The van der Waals surface area contributed by atoms with E-state index in [2.05, 4.69) is 5.32 Å². The molecule has 0 amide bonds. The van der Waals surface area contributed by atoms with Gasteiger partial charge in [0.1, 0.15) is 0 Å². The second kappa shape index (κ2) is 7.34. The molecule has 102 valence electrons. The van der Waals surface area contributed by atoms with E-state index in [-0.39, 0.29) is 6.04 Å². The Morgan fingerprint density at radius 3 is 2.59 bits per heavy atom. The van der Waals surface area contributed by atoms with Crippen LogP contribution < -0.4 is 5.32 Å². The first-order chi connectivity index (χ1) is 8.11. The van der Waals surface area contributed by atoms with Crippen molar-refractivity contribution in [1.29, 1.82) is 0 Å². The standard InChI is InChI=1S/C12H26N2O2S/c1-3-5-10-17(15,16)14(9-4-2)12-7-6-8-13-11-12/h12-13H,3-11H2,1-2H3. The van der Waals surface area contributed by atoms with Crippen LogP contribution >= 0.6 is 0 Å². The summed E-state index contributed by atoms with van der Waals surface area (Å²) in [6, 6.07) is 0.172.